The van der Waals surface area contributed by atoms with Gasteiger partial charge in [0.15, 0.2) is 5.65 Å². The first-order valence-electron chi connectivity index (χ1n) is 13.5. The van der Waals surface area contributed by atoms with Crippen LogP contribution in [-0.2, 0) is 9.53 Å². The number of morpholine rings is 1. The lowest BCUT2D eigenvalue weighted by Gasteiger charge is -2.34. The van der Waals surface area contributed by atoms with Crippen molar-refractivity contribution in [3.63, 3.8) is 0 Å². The molecule has 2 amide bonds. The maximum atomic E-state index is 13.5. The highest BCUT2D eigenvalue weighted by molar-refractivity contribution is 5.96. The van der Waals surface area contributed by atoms with Gasteiger partial charge in [0.2, 0.25) is 17.8 Å². The summed E-state index contributed by atoms with van der Waals surface area (Å²) in [6.07, 6.45) is 6.58. The monoisotopic (exact) mass is 553 g/mol. The van der Waals surface area contributed by atoms with Gasteiger partial charge >= 0.3 is 0 Å². The zero-order valence-corrected chi connectivity index (χ0v) is 22.9. The van der Waals surface area contributed by atoms with Crippen LogP contribution in [-0.4, -0.2) is 98.6 Å². The van der Waals surface area contributed by atoms with Crippen LogP contribution in [0.1, 0.15) is 15.9 Å². The van der Waals surface area contributed by atoms with Gasteiger partial charge in [-0.3, -0.25) is 9.59 Å². The van der Waals surface area contributed by atoms with E-state index in [0.29, 0.717) is 75.3 Å². The number of ether oxygens (including phenoxy) is 1. The van der Waals surface area contributed by atoms with Gasteiger partial charge in [-0.15, -0.1) is 0 Å². The maximum Gasteiger partial charge on any atom is 0.254 e. The molecule has 0 radical (unpaired) electrons. The molecule has 2 aliphatic rings. The van der Waals surface area contributed by atoms with Crippen molar-refractivity contribution in [2.45, 2.75) is 6.92 Å². The summed E-state index contributed by atoms with van der Waals surface area (Å²) in [4.78, 5) is 49.3. The van der Waals surface area contributed by atoms with Gasteiger partial charge in [0.1, 0.15) is 0 Å². The summed E-state index contributed by atoms with van der Waals surface area (Å²) >= 11 is 0. The number of fused-ring (bicyclic) bond motifs is 1. The second-order valence-electron chi connectivity index (χ2n) is 10.0. The molecule has 0 atom stereocenters. The van der Waals surface area contributed by atoms with E-state index in [-0.39, 0.29) is 17.8 Å². The van der Waals surface area contributed by atoms with E-state index in [1.807, 2.05) is 42.0 Å². The van der Waals surface area contributed by atoms with Gasteiger partial charge in [-0.1, -0.05) is 12.6 Å². The second kappa shape index (κ2) is 11.0. The van der Waals surface area contributed by atoms with Gasteiger partial charge in [-0.2, -0.15) is 4.98 Å². The van der Waals surface area contributed by atoms with E-state index in [9.17, 15) is 9.59 Å². The SMILES string of the molecule is C=CC(=O)N1CCN(C(=O)c2ccc(C)c(-n3ccc4c(-c5cnc(N)nc5)nc(N5CCOCC5)nc43)c2)CC1. The molecule has 0 saturated carbocycles. The molecular formula is C29H31N9O3. The number of anilines is 2. The van der Waals surface area contributed by atoms with Crippen molar-refractivity contribution in [3.05, 3.63) is 66.6 Å². The number of nitrogen functional groups attached to an aromatic ring is 1. The quantitative estimate of drug-likeness (QED) is 0.369. The molecule has 0 unspecified atom stereocenters. The molecule has 2 N–H and O–H groups in total. The van der Waals surface area contributed by atoms with E-state index < -0.39 is 0 Å². The highest BCUT2D eigenvalue weighted by Crippen LogP contribution is 2.31. The van der Waals surface area contributed by atoms with Gasteiger partial charge < -0.3 is 29.7 Å². The number of hydrogen-bond acceptors (Lipinski definition) is 9. The molecule has 2 aliphatic heterocycles. The smallest absolute Gasteiger partial charge is 0.254 e. The van der Waals surface area contributed by atoms with Crippen molar-refractivity contribution in [1.82, 2.24) is 34.3 Å². The van der Waals surface area contributed by atoms with E-state index in [1.54, 1.807) is 22.2 Å². The van der Waals surface area contributed by atoms with Crippen LogP contribution in [0.4, 0.5) is 11.9 Å². The first-order valence-corrected chi connectivity index (χ1v) is 13.5. The van der Waals surface area contributed by atoms with Gasteiger partial charge in [0, 0.05) is 74.4 Å². The Morgan fingerprint density at radius 2 is 1.68 bits per heavy atom. The summed E-state index contributed by atoms with van der Waals surface area (Å²) in [5, 5.41) is 0.828. The fourth-order valence-electron chi connectivity index (χ4n) is 5.23. The Morgan fingerprint density at radius 1 is 0.976 bits per heavy atom. The molecule has 2 fully saturated rings. The van der Waals surface area contributed by atoms with Crippen LogP contribution in [0.5, 0.6) is 0 Å². The molecular weight excluding hydrogens is 522 g/mol. The third-order valence-corrected chi connectivity index (χ3v) is 7.54. The Kier molecular flexibility index (Phi) is 7.06. The first kappa shape index (κ1) is 26.4. The van der Waals surface area contributed by atoms with Crippen molar-refractivity contribution in [1.29, 1.82) is 0 Å². The molecule has 0 spiro atoms. The number of nitrogens with zero attached hydrogens (tertiary/aromatic N) is 8. The lowest BCUT2D eigenvalue weighted by Crippen LogP contribution is -2.50. The fraction of sp³-hybridized carbons (Fsp3) is 0.310. The van der Waals surface area contributed by atoms with Gasteiger partial charge in [-0.05, 0) is 36.8 Å². The highest BCUT2D eigenvalue weighted by atomic mass is 16.5. The lowest BCUT2D eigenvalue weighted by molar-refractivity contribution is -0.127. The third kappa shape index (κ3) is 5.09. The van der Waals surface area contributed by atoms with Crippen LogP contribution in [0.3, 0.4) is 0 Å². The predicted octanol–water partition coefficient (Wildman–Crippen LogP) is 2.08. The zero-order valence-electron chi connectivity index (χ0n) is 22.9. The number of aryl methyl sites for hydroxylation is 1. The minimum absolute atomic E-state index is 0.0724. The Hall–Kier alpha value is -4.84. The number of hydrogen-bond donors (Lipinski definition) is 1. The average Bonchev–Trinajstić information content (AvgIpc) is 3.45. The van der Waals surface area contributed by atoms with E-state index in [2.05, 4.69) is 21.4 Å². The normalized spacial score (nSPS) is 15.8. The van der Waals surface area contributed by atoms with Crippen LogP contribution < -0.4 is 10.6 Å². The van der Waals surface area contributed by atoms with Crippen LogP contribution in [0.15, 0.2) is 55.5 Å². The Labute approximate surface area is 237 Å². The summed E-state index contributed by atoms with van der Waals surface area (Å²) in [7, 11) is 0. The van der Waals surface area contributed by atoms with E-state index in [1.165, 1.54) is 6.08 Å². The van der Waals surface area contributed by atoms with Gasteiger partial charge in [0.05, 0.1) is 24.6 Å². The van der Waals surface area contributed by atoms with Crippen LogP contribution >= 0.6 is 0 Å². The summed E-state index contributed by atoms with van der Waals surface area (Å²) < 4.78 is 7.54. The highest BCUT2D eigenvalue weighted by Gasteiger charge is 2.25. The minimum Gasteiger partial charge on any atom is -0.378 e. The molecule has 12 nitrogen and oxygen atoms in total. The summed E-state index contributed by atoms with van der Waals surface area (Å²) in [5.41, 5.74) is 10.3. The number of amides is 2. The molecule has 1 aromatic carbocycles. The minimum atomic E-state index is -0.113. The molecule has 5 heterocycles. The van der Waals surface area contributed by atoms with Crippen molar-refractivity contribution >= 4 is 34.7 Å². The van der Waals surface area contributed by atoms with E-state index in [4.69, 9.17) is 20.4 Å². The number of nitrogens with two attached hydrogens (primary N) is 1. The maximum absolute atomic E-state index is 13.5. The molecule has 2 saturated heterocycles. The average molecular weight is 554 g/mol. The Balaban J connectivity index is 1.39. The van der Waals surface area contributed by atoms with Gasteiger partial charge in [-0.25, -0.2) is 15.0 Å². The van der Waals surface area contributed by atoms with Crippen LogP contribution in [0.25, 0.3) is 28.0 Å². The third-order valence-electron chi connectivity index (χ3n) is 7.54. The standard InChI is InChI=1S/C29H31N9O3/c1-3-24(39)35-8-10-36(11-9-35)27(40)20-5-4-19(2)23(16-20)38-7-6-22-25(21-17-31-28(30)32-18-21)33-29(34-26(22)38)37-12-14-41-15-13-37/h3-7,16-18H,1,8-15H2,2H3,(H2,30,31,32). The topological polar surface area (TPSA) is 136 Å². The number of piperazine rings is 1. The zero-order chi connectivity index (χ0) is 28.5. The summed E-state index contributed by atoms with van der Waals surface area (Å²) in [6, 6.07) is 7.67. The molecule has 6 rings (SSSR count). The molecule has 210 valence electrons. The fourth-order valence-corrected chi connectivity index (χ4v) is 5.23. The Bertz CT molecular complexity index is 1620. The molecule has 4 aromatic rings. The predicted molar refractivity (Wildman–Crippen MR) is 155 cm³/mol. The second-order valence-corrected chi connectivity index (χ2v) is 10.0. The molecule has 0 aliphatic carbocycles. The van der Waals surface area contributed by atoms with Gasteiger partial charge in [0.25, 0.3) is 5.91 Å². The van der Waals surface area contributed by atoms with Crippen molar-refractivity contribution in [3.8, 4) is 16.9 Å². The van der Waals surface area contributed by atoms with Crippen molar-refractivity contribution < 1.29 is 14.3 Å². The van der Waals surface area contributed by atoms with Crippen molar-refractivity contribution in [2.24, 2.45) is 0 Å². The lowest BCUT2D eigenvalue weighted by atomic mass is 10.1. The number of benzene rings is 1. The van der Waals surface area contributed by atoms with Crippen LogP contribution in [0, 0.1) is 6.92 Å². The number of carbonyl (C=O) groups excluding carboxylic acids is 2. The number of aromatic nitrogens is 5. The Morgan fingerprint density at radius 3 is 2.39 bits per heavy atom. The summed E-state index contributed by atoms with van der Waals surface area (Å²) in [5.74, 6) is 0.592. The van der Waals surface area contributed by atoms with E-state index >= 15 is 0 Å². The molecule has 12 heteroatoms. The molecule has 41 heavy (non-hydrogen) atoms. The molecule has 3 aromatic heterocycles. The molecule has 0 bridgehead atoms. The number of carbonyl (C=O) groups is 2. The largest absolute Gasteiger partial charge is 0.378 e. The number of rotatable bonds is 5. The van der Waals surface area contributed by atoms with Crippen molar-refractivity contribution in [2.75, 3.05) is 63.1 Å². The first-order chi connectivity index (χ1) is 19.9. The van der Waals surface area contributed by atoms with Crippen LogP contribution in [0.2, 0.25) is 0 Å². The van der Waals surface area contributed by atoms with E-state index in [0.717, 1.165) is 22.2 Å². The summed E-state index contributed by atoms with van der Waals surface area (Å²) in [6.45, 7) is 10.0.